The predicted molar refractivity (Wildman–Crippen MR) is 336 cm³/mol. The Kier molecular flexibility index (Phi) is 29.0. The van der Waals surface area contributed by atoms with Gasteiger partial charge in [-0.05, 0) is 7.05 Å². The highest BCUT2D eigenvalue weighted by Gasteiger charge is 2.13. The average Bonchev–Trinajstić information content (AvgIpc) is 3.68. The van der Waals surface area contributed by atoms with Gasteiger partial charge in [-0.15, -0.1) is 0 Å². The zero-order chi connectivity index (χ0) is 60.8. The molecule has 0 aliphatic rings. The highest BCUT2D eigenvalue weighted by molar-refractivity contribution is 5.48. The first-order chi connectivity index (χ1) is 42.2. The van der Waals surface area contributed by atoms with Crippen molar-refractivity contribution in [3.8, 4) is 0 Å². The van der Waals surface area contributed by atoms with E-state index in [0.717, 1.165) is 6.54 Å². The van der Waals surface area contributed by atoms with Crippen molar-refractivity contribution in [1.82, 2.24) is 95.0 Å². The number of nitrogens with two attached hydrogens (primary N) is 7. The van der Waals surface area contributed by atoms with Crippen LogP contribution in [0, 0.1) is 0 Å². The molecular weight excluding hydrogens is 1120 g/mol. The molecule has 32 N–H and O–H groups in total. The highest BCUT2D eigenvalue weighted by atomic mass is 15.3. The van der Waals surface area contributed by atoms with E-state index in [2.05, 4.69) is 185 Å². The molecule has 0 spiro atoms. The minimum atomic E-state index is 0.0661. The van der Waals surface area contributed by atoms with E-state index in [1.807, 2.05) is 7.05 Å². The molecule has 0 aliphatic heterocycles. The fourth-order valence-electron chi connectivity index (χ4n) is 6.76. The van der Waals surface area contributed by atoms with Crippen LogP contribution in [0.4, 0.5) is 107 Å². The summed E-state index contributed by atoms with van der Waals surface area (Å²) < 4.78 is 0. The van der Waals surface area contributed by atoms with E-state index < -0.39 is 0 Å². The number of nitrogens with one attached hydrogen (secondary N) is 18. The van der Waals surface area contributed by atoms with Gasteiger partial charge in [-0.25, -0.2) is 0 Å². The molecule has 6 aromatic rings. The van der Waals surface area contributed by atoms with Gasteiger partial charge in [0.25, 0.3) is 0 Å². The van der Waals surface area contributed by atoms with Crippen LogP contribution in [0.3, 0.4) is 0 Å². The lowest BCUT2D eigenvalue weighted by molar-refractivity contribution is 0.815. The number of nitrogen functional groups attached to an aromatic ring is 1. The lowest BCUT2D eigenvalue weighted by Crippen LogP contribution is -2.23. The van der Waals surface area contributed by atoms with Crippen LogP contribution in [0.15, 0.2) is 0 Å². The van der Waals surface area contributed by atoms with Crippen LogP contribution in [-0.2, 0) is 0 Å². The Labute approximate surface area is 495 Å². The Morgan fingerprint density at radius 1 is 0.186 bits per heavy atom. The summed E-state index contributed by atoms with van der Waals surface area (Å²) in [5.41, 5.74) is 40.1. The van der Waals surface area contributed by atoms with Gasteiger partial charge in [0.2, 0.25) is 107 Å². The lowest BCUT2D eigenvalue weighted by atomic mass is 10.5. The molecule has 0 radical (unpaired) electrons. The Bertz CT molecular complexity index is 2860. The third kappa shape index (κ3) is 25.0. The molecule has 0 aliphatic carbocycles. The summed E-state index contributed by atoms with van der Waals surface area (Å²) in [6, 6.07) is 0. The van der Waals surface area contributed by atoms with Gasteiger partial charge in [0.1, 0.15) is 0 Å². The smallest absolute Gasteiger partial charge is 0.229 e. The van der Waals surface area contributed by atoms with Crippen LogP contribution in [0.5, 0.6) is 0 Å². The molecule has 6 heterocycles. The first-order valence-corrected chi connectivity index (χ1v) is 27.9. The van der Waals surface area contributed by atoms with E-state index in [4.69, 9.17) is 40.1 Å². The number of hydrogen-bond donors (Lipinski definition) is 25. The van der Waals surface area contributed by atoms with Crippen LogP contribution >= 0.6 is 0 Å². The van der Waals surface area contributed by atoms with Crippen LogP contribution in [0.25, 0.3) is 0 Å². The van der Waals surface area contributed by atoms with E-state index in [1.54, 1.807) is 0 Å². The van der Waals surface area contributed by atoms with Gasteiger partial charge in [0.05, 0.1) is 0 Å². The molecule has 6 aromatic heterocycles. The second kappa shape index (κ2) is 38.1. The minimum absolute atomic E-state index is 0.0661. The predicted octanol–water partition coefficient (Wildman–Crippen LogP) is -6.15. The van der Waals surface area contributed by atoms with E-state index in [9.17, 15) is 0 Å². The molecule has 6 rings (SSSR count). The number of rotatable bonds is 47. The molecular formula is C43H83N43. The number of anilines is 18. The minimum Gasteiger partial charge on any atom is -0.368 e. The Hall–Kier alpha value is -9.82. The van der Waals surface area contributed by atoms with Crippen LogP contribution < -0.4 is 136 Å². The molecule has 86 heavy (non-hydrogen) atoms. The van der Waals surface area contributed by atoms with Crippen molar-refractivity contribution in [1.29, 1.82) is 0 Å². The fraction of sp³-hybridized carbons (Fsp3) is 0.581. The van der Waals surface area contributed by atoms with Crippen molar-refractivity contribution in [2.24, 2.45) is 34.4 Å². The maximum atomic E-state index is 5.84. The molecule has 43 heteroatoms. The number of nitrogens with zero attached hydrogens (tertiary/aromatic N) is 18. The van der Waals surface area contributed by atoms with Gasteiger partial charge in [-0.2, -0.15) is 89.7 Å². The Morgan fingerprint density at radius 3 is 0.430 bits per heavy atom. The number of hydrogen-bond acceptors (Lipinski definition) is 43. The van der Waals surface area contributed by atoms with Crippen molar-refractivity contribution < 1.29 is 0 Å². The Morgan fingerprint density at radius 2 is 0.302 bits per heavy atom. The van der Waals surface area contributed by atoms with Crippen molar-refractivity contribution in [3.63, 3.8) is 0 Å². The first-order valence-electron chi connectivity index (χ1n) is 27.9. The van der Waals surface area contributed by atoms with Crippen LogP contribution in [0.1, 0.15) is 0 Å². The molecule has 0 amide bonds. The Balaban J connectivity index is 0.981. The molecule has 0 aromatic carbocycles. The zero-order valence-corrected chi connectivity index (χ0v) is 48.1. The molecule has 0 saturated heterocycles. The molecule has 0 fully saturated rings. The SMILES string of the molecule is CNCCNc1nc(NCCN)nc(NCCNc2nc(NCCN)nc(NCCNc3nc(NCCN)nc(NCCNc4nc(NCCN)nc(NCCNc5nc(NCCN)nc(NCCNc6nc(N)nc(NCCN)n6)n5)n4)n3)n2)n1. The second-order valence-electron chi connectivity index (χ2n) is 17.5. The summed E-state index contributed by atoms with van der Waals surface area (Å²) >= 11 is 0. The van der Waals surface area contributed by atoms with E-state index in [0.29, 0.717) is 252 Å². The van der Waals surface area contributed by atoms with Gasteiger partial charge < -0.3 is 136 Å². The van der Waals surface area contributed by atoms with Gasteiger partial charge >= 0.3 is 0 Å². The molecule has 43 nitrogen and oxygen atoms in total. The summed E-state index contributed by atoms with van der Waals surface area (Å²) in [6.07, 6.45) is 0. The van der Waals surface area contributed by atoms with E-state index in [1.165, 1.54) is 0 Å². The van der Waals surface area contributed by atoms with Crippen LogP contribution in [-0.4, -0.2) is 254 Å². The molecule has 0 unspecified atom stereocenters. The third-order valence-corrected chi connectivity index (χ3v) is 10.5. The quantitative estimate of drug-likeness (QED) is 0.0158. The average molecular weight is 1200 g/mol. The van der Waals surface area contributed by atoms with Gasteiger partial charge in [0, 0.05) is 157 Å². The normalized spacial score (nSPS) is 10.8. The zero-order valence-electron chi connectivity index (χ0n) is 48.1. The molecule has 470 valence electrons. The van der Waals surface area contributed by atoms with Gasteiger partial charge in [-0.3, -0.25) is 0 Å². The van der Waals surface area contributed by atoms with E-state index >= 15 is 0 Å². The molecule has 0 atom stereocenters. The number of aromatic nitrogens is 18. The second-order valence-corrected chi connectivity index (χ2v) is 17.5. The van der Waals surface area contributed by atoms with Crippen LogP contribution in [0.2, 0.25) is 0 Å². The fourth-order valence-corrected chi connectivity index (χ4v) is 6.76. The topological polar surface area (TPSA) is 631 Å². The van der Waals surface area contributed by atoms with E-state index in [-0.39, 0.29) is 5.95 Å². The first kappa shape index (κ1) is 65.3. The molecule has 0 saturated carbocycles. The number of likely N-dealkylation sites (N-methyl/N-ethyl adjacent to an activating group) is 1. The maximum absolute atomic E-state index is 5.84. The molecule has 0 bridgehead atoms. The third-order valence-electron chi connectivity index (χ3n) is 10.5. The summed E-state index contributed by atoms with van der Waals surface area (Å²) in [7, 11) is 1.87. The van der Waals surface area contributed by atoms with Gasteiger partial charge in [-0.1, -0.05) is 0 Å². The summed E-state index contributed by atoms with van der Waals surface area (Å²) in [4.78, 5) is 80.1. The van der Waals surface area contributed by atoms with Crippen molar-refractivity contribution in [3.05, 3.63) is 0 Å². The standard InChI is InChI=1S/C43H83N43/c1-51-14-15-58-34-72-29(53-9-3-45)73-35(82-34)61-18-19-62-38-76-31(55-11-5-47)77-39(84-38)65-22-23-66-42-80-33(57-13-7-49)81-43(86-42)68-25-24-67-41-79-32(56-12-6-48)78-40(85-41)64-21-20-63-37-75-30(54-10-4-46)74-36(83-37)60-17-16-59-28-70-26(50)69-27(71-28)52-8-2-44/h51H,2-25,44-49H2,1H3,(H4,50,52,59,69,70,71)(H3,53,58,61,72,73,82)(H3,54,60,63,74,75,83)(H3,55,62,65,76,77,84)(H3,56,64,67,78,79,85)(H3,57,66,68,80,81,86). The van der Waals surface area contributed by atoms with Crippen molar-refractivity contribution >= 4 is 107 Å². The van der Waals surface area contributed by atoms with Crippen molar-refractivity contribution in [2.75, 3.05) is 260 Å². The summed E-state index contributed by atoms with van der Waals surface area (Å²) in [5, 5.41) is 56.9. The van der Waals surface area contributed by atoms with Crippen molar-refractivity contribution in [2.45, 2.75) is 0 Å². The lowest BCUT2D eigenvalue weighted by Gasteiger charge is -2.14. The largest absolute Gasteiger partial charge is 0.368 e. The highest BCUT2D eigenvalue weighted by Crippen LogP contribution is 2.15. The maximum Gasteiger partial charge on any atom is 0.229 e. The van der Waals surface area contributed by atoms with Gasteiger partial charge in [0.15, 0.2) is 0 Å². The monoisotopic (exact) mass is 1200 g/mol. The summed E-state index contributed by atoms with van der Waals surface area (Å²) in [5.74, 6) is 5.73. The summed E-state index contributed by atoms with van der Waals surface area (Å²) in [6.45, 7) is 10.3.